The molecular weight excluding hydrogens is 214 g/mol. The Morgan fingerprint density at radius 3 is 2.67 bits per heavy atom. The van der Waals surface area contributed by atoms with Crippen molar-refractivity contribution in [1.82, 2.24) is 0 Å². The zero-order valence-corrected chi connectivity index (χ0v) is 9.47. The molecule has 2 N–H and O–H groups in total. The van der Waals surface area contributed by atoms with Gasteiger partial charge in [0.25, 0.3) is 0 Å². The number of benzene rings is 1. The minimum Gasteiger partial charge on any atom is -0.492 e. The van der Waals surface area contributed by atoms with Crippen molar-refractivity contribution in [3.8, 4) is 5.75 Å². The summed E-state index contributed by atoms with van der Waals surface area (Å²) in [5.74, 6) is 0.617. The van der Waals surface area contributed by atoms with Crippen LogP contribution in [0.1, 0.15) is 19.4 Å². The number of fused-ring (bicyclic) bond motifs is 1. The fourth-order valence-electron chi connectivity index (χ4n) is 1.69. The van der Waals surface area contributed by atoms with Crippen LogP contribution < -0.4 is 9.88 Å². The van der Waals surface area contributed by atoms with Crippen LogP contribution in [-0.4, -0.2) is 15.0 Å². The van der Waals surface area contributed by atoms with Gasteiger partial charge in [0.2, 0.25) is 10.0 Å². The maximum atomic E-state index is 11.1. The molecule has 0 atom stereocenters. The fourth-order valence-corrected chi connectivity index (χ4v) is 2.22. The molecule has 82 valence electrons. The zero-order chi connectivity index (χ0) is 11.3. The average molecular weight is 227 g/mol. The van der Waals surface area contributed by atoms with Crippen molar-refractivity contribution in [3.63, 3.8) is 0 Å². The first-order valence-corrected chi connectivity index (χ1v) is 6.15. The second-order valence-corrected chi connectivity index (χ2v) is 5.94. The summed E-state index contributed by atoms with van der Waals surface area (Å²) in [5, 5.41) is 5.04. The minimum absolute atomic E-state index is 0.0633. The summed E-state index contributed by atoms with van der Waals surface area (Å²) in [5.41, 5.74) is 0.960. The Labute approximate surface area is 89.1 Å². The first kappa shape index (κ1) is 10.4. The largest absolute Gasteiger partial charge is 0.492 e. The van der Waals surface area contributed by atoms with E-state index in [2.05, 4.69) is 13.8 Å². The van der Waals surface area contributed by atoms with E-state index in [1.54, 1.807) is 6.07 Å². The van der Waals surface area contributed by atoms with E-state index in [9.17, 15) is 8.42 Å². The number of primary sulfonamides is 1. The van der Waals surface area contributed by atoms with E-state index in [0.29, 0.717) is 12.4 Å². The summed E-state index contributed by atoms with van der Waals surface area (Å²) in [4.78, 5) is 0.0963. The monoisotopic (exact) mass is 227 g/mol. The van der Waals surface area contributed by atoms with Crippen LogP contribution >= 0.6 is 0 Å². The molecule has 1 heterocycles. The molecule has 0 radical (unpaired) electrons. The van der Waals surface area contributed by atoms with Gasteiger partial charge in [-0.1, -0.05) is 19.9 Å². The van der Waals surface area contributed by atoms with Crippen molar-refractivity contribution in [1.29, 1.82) is 0 Å². The van der Waals surface area contributed by atoms with Crippen LogP contribution in [0.3, 0.4) is 0 Å². The molecule has 4 nitrogen and oxygen atoms in total. The number of nitrogens with two attached hydrogens (primary N) is 1. The Morgan fingerprint density at radius 2 is 2.07 bits per heavy atom. The van der Waals surface area contributed by atoms with E-state index >= 15 is 0 Å². The second kappa shape index (κ2) is 2.96. The Hall–Kier alpha value is -1.07. The third kappa shape index (κ3) is 1.72. The molecule has 2 rings (SSSR count). The van der Waals surface area contributed by atoms with Crippen LogP contribution in [0.15, 0.2) is 23.1 Å². The molecule has 0 saturated carbocycles. The number of hydrogen-bond donors (Lipinski definition) is 1. The quantitative estimate of drug-likeness (QED) is 0.778. The zero-order valence-electron chi connectivity index (χ0n) is 8.65. The van der Waals surface area contributed by atoms with Gasteiger partial charge in [0, 0.05) is 17.0 Å². The fraction of sp³-hybridized carbons (Fsp3) is 0.400. The van der Waals surface area contributed by atoms with Gasteiger partial charge < -0.3 is 4.74 Å². The molecule has 5 heteroatoms. The highest BCUT2D eigenvalue weighted by Gasteiger charge is 2.32. The smallest absolute Gasteiger partial charge is 0.238 e. The van der Waals surface area contributed by atoms with E-state index < -0.39 is 10.0 Å². The lowest BCUT2D eigenvalue weighted by atomic mass is 9.87. The second-order valence-electron chi connectivity index (χ2n) is 4.38. The summed E-state index contributed by atoms with van der Waals surface area (Å²) >= 11 is 0. The highest BCUT2D eigenvalue weighted by molar-refractivity contribution is 7.89. The summed E-state index contributed by atoms with van der Waals surface area (Å²) in [6.45, 7) is 4.67. The highest BCUT2D eigenvalue weighted by atomic mass is 32.2. The SMILES string of the molecule is CC1(C)COc2cc(S(N)(=O)=O)ccc21. The molecule has 0 fully saturated rings. The van der Waals surface area contributed by atoms with Crippen LogP contribution in [-0.2, 0) is 15.4 Å². The molecule has 0 saturated heterocycles. The molecular formula is C10H13NO3S. The molecule has 0 unspecified atom stereocenters. The normalized spacial score (nSPS) is 18.3. The van der Waals surface area contributed by atoms with E-state index in [1.807, 2.05) is 0 Å². The van der Waals surface area contributed by atoms with Crippen LogP contribution in [0.4, 0.5) is 0 Å². The minimum atomic E-state index is -3.64. The van der Waals surface area contributed by atoms with Crippen molar-refractivity contribution in [2.45, 2.75) is 24.2 Å². The van der Waals surface area contributed by atoms with Crippen molar-refractivity contribution in [2.75, 3.05) is 6.61 Å². The van der Waals surface area contributed by atoms with Gasteiger partial charge in [-0.3, -0.25) is 0 Å². The predicted molar refractivity (Wildman–Crippen MR) is 56.3 cm³/mol. The van der Waals surface area contributed by atoms with Crippen LogP contribution in [0.2, 0.25) is 0 Å². The molecule has 0 amide bonds. The lowest BCUT2D eigenvalue weighted by Crippen LogP contribution is -2.18. The van der Waals surface area contributed by atoms with Gasteiger partial charge in [-0.2, -0.15) is 0 Å². The summed E-state index contributed by atoms with van der Waals surface area (Å²) in [7, 11) is -3.64. The van der Waals surface area contributed by atoms with Gasteiger partial charge in [0.15, 0.2) is 0 Å². The third-order valence-electron chi connectivity index (χ3n) is 2.60. The third-order valence-corrected chi connectivity index (χ3v) is 3.51. The maximum absolute atomic E-state index is 11.1. The van der Waals surface area contributed by atoms with Gasteiger partial charge in [0.1, 0.15) is 5.75 Å². The van der Waals surface area contributed by atoms with Gasteiger partial charge in [0.05, 0.1) is 11.5 Å². The molecule has 1 aliphatic rings. The summed E-state index contributed by atoms with van der Waals surface area (Å²) < 4.78 is 27.7. The van der Waals surface area contributed by atoms with E-state index in [4.69, 9.17) is 9.88 Å². The van der Waals surface area contributed by atoms with Crippen LogP contribution in [0.25, 0.3) is 0 Å². The van der Waals surface area contributed by atoms with E-state index in [1.165, 1.54) is 12.1 Å². The average Bonchev–Trinajstić information content (AvgIpc) is 2.41. The Morgan fingerprint density at radius 1 is 1.40 bits per heavy atom. The van der Waals surface area contributed by atoms with Crippen molar-refractivity contribution in [2.24, 2.45) is 5.14 Å². The van der Waals surface area contributed by atoms with Gasteiger partial charge in [-0.05, 0) is 6.07 Å². The first-order valence-electron chi connectivity index (χ1n) is 4.61. The number of hydrogen-bond acceptors (Lipinski definition) is 3. The maximum Gasteiger partial charge on any atom is 0.238 e. The number of rotatable bonds is 1. The van der Waals surface area contributed by atoms with Gasteiger partial charge in [-0.15, -0.1) is 0 Å². The Balaban J connectivity index is 2.56. The Kier molecular flexibility index (Phi) is 2.06. The lowest BCUT2D eigenvalue weighted by Gasteiger charge is -2.14. The highest BCUT2D eigenvalue weighted by Crippen LogP contribution is 2.39. The topological polar surface area (TPSA) is 69.4 Å². The van der Waals surface area contributed by atoms with E-state index in [0.717, 1.165) is 5.56 Å². The van der Waals surface area contributed by atoms with E-state index in [-0.39, 0.29) is 10.3 Å². The van der Waals surface area contributed by atoms with Crippen LogP contribution in [0, 0.1) is 0 Å². The van der Waals surface area contributed by atoms with Crippen molar-refractivity contribution in [3.05, 3.63) is 23.8 Å². The number of ether oxygens (including phenoxy) is 1. The summed E-state index contributed by atoms with van der Waals surface area (Å²) in [6.07, 6.45) is 0. The van der Waals surface area contributed by atoms with Crippen molar-refractivity contribution >= 4 is 10.0 Å². The predicted octanol–water partition coefficient (Wildman–Crippen LogP) is 1.00. The number of sulfonamides is 1. The molecule has 1 aromatic carbocycles. The van der Waals surface area contributed by atoms with Gasteiger partial charge in [-0.25, -0.2) is 13.6 Å². The molecule has 0 aromatic heterocycles. The van der Waals surface area contributed by atoms with Crippen molar-refractivity contribution < 1.29 is 13.2 Å². The Bertz CT molecular complexity index is 505. The van der Waals surface area contributed by atoms with Gasteiger partial charge >= 0.3 is 0 Å². The standard InChI is InChI=1S/C10H13NO3S/c1-10(2)6-14-9-5-7(15(11,12)13)3-4-8(9)10/h3-5H,6H2,1-2H3,(H2,11,12,13). The molecule has 0 aliphatic carbocycles. The van der Waals surface area contributed by atoms with Crippen LogP contribution in [0.5, 0.6) is 5.75 Å². The summed E-state index contributed by atoms with van der Waals surface area (Å²) in [6, 6.07) is 4.77. The molecule has 0 spiro atoms. The molecule has 1 aliphatic heterocycles. The first-order chi connectivity index (χ1) is 6.81. The molecule has 0 bridgehead atoms. The molecule has 1 aromatic rings. The lowest BCUT2D eigenvalue weighted by molar-refractivity contribution is 0.290. The molecule has 15 heavy (non-hydrogen) atoms.